The van der Waals surface area contributed by atoms with Gasteiger partial charge in [0, 0.05) is 17.5 Å². The van der Waals surface area contributed by atoms with E-state index in [0.717, 1.165) is 22.8 Å². The van der Waals surface area contributed by atoms with Crippen molar-refractivity contribution in [3.05, 3.63) is 51.4 Å². The summed E-state index contributed by atoms with van der Waals surface area (Å²) in [4.78, 5) is 10.1. The first-order valence-electron chi connectivity index (χ1n) is 4.95. The van der Waals surface area contributed by atoms with Crippen LogP contribution in [0.25, 0.3) is 0 Å². The Balaban J connectivity index is 2.27. The molecule has 0 N–H and O–H groups in total. The number of alkyl halides is 3. The lowest BCUT2D eigenvalue weighted by Crippen LogP contribution is -2.01. The molecule has 0 amide bonds. The van der Waals surface area contributed by atoms with Crippen molar-refractivity contribution in [2.24, 2.45) is 0 Å². The number of hydrogen-bond acceptors (Lipinski definition) is 4. The van der Waals surface area contributed by atoms with Crippen LogP contribution in [0.4, 0.5) is 18.9 Å². The summed E-state index contributed by atoms with van der Waals surface area (Å²) < 4.78 is 42.3. The van der Waals surface area contributed by atoms with Gasteiger partial charge in [0.15, 0.2) is 5.06 Å². The van der Waals surface area contributed by atoms with Crippen LogP contribution < -0.4 is 4.74 Å². The lowest BCUT2D eigenvalue weighted by atomic mass is 10.3. The lowest BCUT2D eigenvalue weighted by Gasteiger charge is -2.03. The minimum absolute atomic E-state index is 0.0541. The predicted octanol–water partition coefficient (Wildman–Crippen LogP) is 4.47. The van der Waals surface area contributed by atoms with E-state index in [-0.39, 0.29) is 16.5 Å². The molecule has 0 atom stereocenters. The van der Waals surface area contributed by atoms with E-state index in [4.69, 9.17) is 4.74 Å². The maximum absolute atomic E-state index is 12.4. The molecule has 0 saturated heterocycles. The van der Waals surface area contributed by atoms with Crippen molar-refractivity contribution in [2.75, 3.05) is 0 Å². The third-order valence-electron chi connectivity index (χ3n) is 2.18. The highest BCUT2D eigenvalue weighted by Crippen LogP contribution is 2.39. The number of hydrogen-bond donors (Lipinski definition) is 0. The van der Waals surface area contributed by atoms with Crippen LogP contribution in [0.2, 0.25) is 0 Å². The van der Waals surface area contributed by atoms with Crippen LogP contribution in [0.1, 0.15) is 5.56 Å². The molecule has 0 aliphatic heterocycles. The van der Waals surface area contributed by atoms with Crippen molar-refractivity contribution in [3.63, 3.8) is 0 Å². The summed E-state index contributed by atoms with van der Waals surface area (Å²) in [5.74, 6) is -0.0944. The number of nitrogens with zero attached hydrogens (tertiary/aromatic N) is 1. The summed E-state index contributed by atoms with van der Waals surface area (Å²) >= 11 is 0.727. The number of benzene rings is 1. The molecule has 0 aliphatic carbocycles. The van der Waals surface area contributed by atoms with Crippen LogP contribution in [0.15, 0.2) is 35.7 Å². The Morgan fingerprint density at radius 1 is 1.26 bits per heavy atom. The van der Waals surface area contributed by atoms with Crippen LogP contribution in [0.3, 0.4) is 0 Å². The maximum Gasteiger partial charge on any atom is 0.417 e. The minimum Gasteiger partial charge on any atom is -0.439 e. The second kappa shape index (κ2) is 4.88. The molecule has 1 heterocycles. The molecule has 2 rings (SSSR count). The van der Waals surface area contributed by atoms with Crippen molar-refractivity contribution >= 4 is 17.0 Å². The fraction of sp³-hybridized carbons (Fsp3) is 0.0909. The third-order valence-corrected chi connectivity index (χ3v) is 2.98. The van der Waals surface area contributed by atoms with Gasteiger partial charge in [-0.25, -0.2) is 0 Å². The summed E-state index contributed by atoms with van der Waals surface area (Å²) in [5.41, 5.74) is -1.14. The summed E-state index contributed by atoms with van der Waals surface area (Å²) in [7, 11) is 0. The standard InChI is InChI=1S/C11H6F3NO3S/c12-11(13,14)7-5-10(19-6-7)18-9-4-2-1-3-8(9)15(16)17/h1-6H. The van der Waals surface area contributed by atoms with Crippen LogP contribution >= 0.6 is 11.3 Å². The molecular formula is C11H6F3NO3S. The Hall–Kier alpha value is -2.09. The van der Waals surface area contributed by atoms with E-state index in [9.17, 15) is 23.3 Å². The number of halogens is 3. The Labute approximate surface area is 109 Å². The molecule has 0 radical (unpaired) electrons. The second-order valence-corrected chi connectivity index (χ2v) is 4.35. The maximum atomic E-state index is 12.4. The molecule has 1 aromatic carbocycles. The van der Waals surface area contributed by atoms with E-state index < -0.39 is 16.7 Å². The van der Waals surface area contributed by atoms with Crippen LogP contribution in [-0.4, -0.2) is 4.92 Å². The van der Waals surface area contributed by atoms with Gasteiger partial charge in [0.2, 0.25) is 5.75 Å². The number of nitro groups is 1. The zero-order valence-corrected chi connectivity index (χ0v) is 9.99. The molecule has 0 bridgehead atoms. The van der Waals surface area contributed by atoms with E-state index in [1.165, 1.54) is 24.3 Å². The number of thiophene rings is 1. The highest BCUT2D eigenvalue weighted by molar-refractivity contribution is 7.12. The molecule has 8 heteroatoms. The summed E-state index contributed by atoms with van der Waals surface area (Å²) in [6.07, 6.45) is -4.46. The fourth-order valence-electron chi connectivity index (χ4n) is 1.32. The number of rotatable bonds is 3. The van der Waals surface area contributed by atoms with Gasteiger partial charge in [-0.15, -0.1) is 11.3 Å². The Morgan fingerprint density at radius 3 is 2.53 bits per heavy atom. The molecule has 1 aromatic heterocycles. The molecule has 0 unspecified atom stereocenters. The van der Waals surface area contributed by atoms with E-state index in [2.05, 4.69) is 0 Å². The predicted molar refractivity (Wildman–Crippen MR) is 62.5 cm³/mol. The fourth-order valence-corrected chi connectivity index (χ4v) is 2.10. The molecule has 0 spiro atoms. The first-order chi connectivity index (χ1) is 8.88. The molecule has 100 valence electrons. The zero-order chi connectivity index (χ0) is 14.0. The normalized spacial score (nSPS) is 11.3. The summed E-state index contributed by atoms with van der Waals surface area (Å²) in [6.45, 7) is 0. The average Bonchev–Trinajstić information content (AvgIpc) is 2.77. The highest BCUT2D eigenvalue weighted by atomic mass is 32.1. The monoisotopic (exact) mass is 289 g/mol. The van der Waals surface area contributed by atoms with E-state index >= 15 is 0 Å². The zero-order valence-electron chi connectivity index (χ0n) is 9.18. The van der Waals surface area contributed by atoms with Gasteiger partial charge in [-0.2, -0.15) is 13.2 Å². The molecule has 0 aliphatic rings. The summed E-state index contributed by atoms with van der Waals surface area (Å²) in [5, 5.41) is 11.6. The van der Waals surface area contributed by atoms with Gasteiger partial charge in [-0.05, 0) is 6.07 Å². The Morgan fingerprint density at radius 2 is 1.95 bits per heavy atom. The van der Waals surface area contributed by atoms with Gasteiger partial charge in [0.1, 0.15) is 0 Å². The number of nitro benzene ring substituents is 1. The van der Waals surface area contributed by atoms with Gasteiger partial charge >= 0.3 is 11.9 Å². The SMILES string of the molecule is O=[N+]([O-])c1ccccc1Oc1cc(C(F)(F)F)cs1. The topological polar surface area (TPSA) is 52.4 Å². The molecule has 4 nitrogen and oxygen atoms in total. The third kappa shape index (κ3) is 3.02. The molecule has 0 saturated carbocycles. The van der Waals surface area contributed by atoms with Crippen molar-refractivity contribution in [1.82, 2.24) is 0 Å². The number of ether oxygens (including phenoxy) is 1. The van der Waals surface area contributed by atoms with Gasteiger partial charge in [-0.1, -0.05) is 12.1 Å². The molecular weight excluding hydrogens is 283 g/mol. The van der Waals surface area contributed by atoms with Crippen LogP contribution in [-0.2, 0) is 6.18 Å². The highest BCUT2D eigenvalue weighted by Gasteiger charge is 2.32. The first-order valence-corrected chi connectivity index (χ1v) is 5.83. The van der Waals surface area contributed by atoms with Gasteiger partial charge < -0.3 is 4.74 Å². The first kappa shape index (κ1) is 13.3. The van der Waals surface area contributed by atoms with Crippen molar-refractivity contribution < 1.29 is 22.8 Å². The van der Waals surface area contributed by atoms with Crippen LogP contribution in [0, 0.1) is 10.1 Å². The lowest BCUT2D eigenvalue weighted by molar-refractivity contribution is -0.385. The average molecular weight is 289 g/mol. The largest absolute Gasteiger partial charge is 0.439 e. The Bertz CT molecular complexity index is 609. The van der Waals surface area contributed by atoms with Gasteiger partial charge in [0.05, 0.1) is 10.5 Å². The molecule has 2 aromatic rings. The van der Waals surface area contributed by atoms with Gasteiger partial charge in [-0.3, -0.25) is 10.1 Å². The van der Waals surface area contributed by atoms with E-state index in [1.54, 1.807) is 0 Å². The van der Waals surface area contributed by atoms with Crippen molar-refractivity contribution in [1.29, 1.82) is 0 Å². The van der Waals surface area contributed by atoms with E-state index in [1.807, 2.05) is 0 Å². The number of para-hydroxylation sites is 2. The minimum atomic E-state index is -4.46. The molecule has 0 fully saturated rings. The second-order valence-electron chi connectivity index (χ2n) is 3.48. The van der Waals surface area contributed by atoms with Gasteiger partial charge in [0.25, 0.3) is 0 Å². The smallest absolute Gasteiger partial charge is 0.417 e. The van der Waals surface area contributed by atoms with Crippen molar-refractivity contribution in [2.45, 2.75) is 6.18 Å². The summed E-state index contributed by atoms with van der Waals surface area (Å²) in [6, 6.07) is 6.29. The Kier molecular flexibility index (Phi) is 3.43. The quantitative estimate of drug-likeness (QED) is 0.619. The molecule has 19 heavy (non-hydrogen) atoms. The van der Waals surface area contributed by atoms with Crippen LogP contribution in [0.5, 0.6) is 10.8 Å². The van der Waals surface area contributed by atoms with E-state index in [0.29, 0.717) is 0 Å². The van der Waals surface area contributed by atoms with Crippen molar-refractivity contribution in [3.8, 4) is 10.8 Å².